The van der Waals surface area contributed by atoms with Crippen LogP contribution in [-0.2, 0) is 16.6 Å². The molecule has 0 aliphatic rings. The summed E-state index contributed by atoms with van der Waals surface area (Å²) in [6.45, 7) is -0.301. The fourth-order valence-electron chi connectivity index (χ4n) is 1.74. The van der Waals surface area contributed by atoms with Crippen molar-refractivity contribution in [1.82, 2.24) is 0 Å². The van der Waals surface area contributed by atoms with Crippen LogP contribution in [0.15, 0.2) is 47.4 Å². The molecule has 0 spiro atoms. The van der Waals surface area contributed by atoms with Crippen molar-refractivity contribution in [3.05, 3.63) is 58.6 Å². The van der Waals surface area contributed by atoms with Gasteiger partial charge in [-0.25, -0.2) is 8.42 Å². The number of para-hydroxylation sites is 1. The van der Waals surface area contributed by atoms with Crippen molar-refractivity contribution in [2.45, 2.75) is 11.5 Å². The third-order valence-electron chi connectivity index (χ3n) is 2.78. The fourth-order valence-corrected chi connectivity index (χ4v) is 3.36. The normalized spacial score (nSPS) is 10.9. The highest BCUT2D eigenvalue weighted by molar-refractivity contribution is 7.92. The Morgan fingerprint density at radius 2 is 1.95 bits per heavy atom. The minimum Gasteiger partial charge on any atom is -0.392 e. The average molecular weight is 323 g/mol. The molecule has 5 nitrogen and oxygen atoms in total. The summed E-state index contributed by atoms with van der Waals surface area (Å²) in [5.41, 5.74) is 0.891. The minimum absolute atomic E-state index is 0.0166. The summed E-state index contributed by atoms with van der Waals surface area (Å²) < 4.78 is 27.1. The summed E-state index contributed by atoms with van der Waals surface area (Å²) in [6.07, 6.45) is 0. The Bertz CT molecular complexity index is 813. The Balaban J connectivity index is 2.46. The van der Waals surface area contributed by atoms with Crippen molar-refractivity contribution in [3.63, 3.8) is 0 Å². The maximum Gasteiger partial charge on any atom is 0.263 e. The third-order valence-corrected chi connectivity index (χ3v) is 4.63. The van der Waals surface area contributed by atoms with Gasteiger partial charge in [-0.15, -0.1) is 0 Å². The van der Waals surface area contributed by atoms with Crippen LogP contribution in [0.3, 0.4) is 0 Å². The standard InChI is InChI=1S/C14H11ClN2O3S/c15-12-6-5-10(8-16)7-14(12)21(19,20)17-13-4-2-1-3-11(13)9-18/h1-7,17-18H,9H2. The molecule has 2 rings (SSSR count). The second kappa shape index (κ2) is 6.14. The van der Waals surface area contributed by atoms with E-state index >= 15 is 0 Å². The molecule has 0 heterocycles. The molecule has 0 saturated heterocycles. The summed E-state index contributed by atoms with van der Waals surface area (Å²) in [5, 5.41) is 18.1. The number of aliphatic hydroxyl groups is 1. The Morgan fingerprint density at radius 1 is 1.24 bits per heavy atom. The van der Waals surface area contributed by atoms with Gasteiger partial charge in [0.25, 0.3) is 10.0 Å². The van der Waals surface area contributed by atoms with Crippen LogP contribution in [0, 0.1) is 11.3 Å². The highest BCUT2D eigenvalue weighted by Gasteiger charge is 2.19. The van der Waals surface area contributed by atoms with E-state index in [0.717, 1.165) is 0 Å². The second-order valence-corrected chi connectivity index (χ2v) is 6.24. The molecule has 0 radical (unpaired) electrons. The molecule has 0 amide bonds. The number of aliphatic hydroxyl groups excluding tert-OH is 1. The molecule has 0 atom stereocenters. The molecule has 0 unspecified atom stereocenters. The molecular weight excluding hydrogens is 312 g/mol. The van der Waals surface area contributed by atoms with Gasteiger partial charge in [0.05, 0.1) is 28.9 Å². The predicted octanol–water partition coefficient (Wildman–Crippen LogP) is 2.50. The van der Waals surface area contributed by atoms with Crippen LogP contribution in [0.4, 0.5) is 5.69 Å². The number of hydrogen-bond donors (Lipinski definition) is 2. The first-order valence-corrected chi connectivity index (χ1v) is 7.75. The Morgan fingerprint density at radius 3 is 2.62 bits per heavy atom. The lowest BCUT2D eigenvalue weighted by Gasteiger charge is -2.12. The zero-order valence-corrected chi connectivity index (χ0v) is 12.3. The lowest BCUT2D eigenvalue weighted by Crippen LogP contribution is -2.15. The number of sulfonamides is 1. The summed E-state index contributed by atoms with van der Waals surface area (Å²) in [4.78, 5) is -0.184. The van der Waals surface area contributed by atoms with Crippen LogP contribution < -0.4 is 4.72 Å². The van der Waals surface area contributed by atoms with Crippen LogP contribution in [-0.4, -0.2) is 13.5 Å². The summed E-state index contributed by atoms with van der Waals surface area (Å²) >= 11 is 5.90. The summed E-state index contributed by atoms with van der Waals surface area (Å²) in [7, 11) is -3.95. The molecule has 2 aromatic carbocycles. The summed E-state index contributed by atoms with van der Waals surface area (Å²) in [5.74, 6) is 0. The quantitative estimate of drug-likeness (QED) is 0.905. The van der Waals surface area contributed by atoms with E-state index in [4.69, 9.17) is 16.9 Å². The van der Waals surface area contributed by atoms with Crippen molar-refractivity contribution in [3.8, 4) is 6.07 Å². The Labute approximate surface area is 127 Å². The first-order valence-electron chi connectivity index (χ1n) is 5.89. The average Bonchev–Trinajstić information content (AvgIpc) is 2.47. The SMILES string of the molecule is N#Cc1ccc(Cl)c(S(=O)(=O)Nc2ccccc2CO)c1. The zero-order chi connectivity index (χ0) is 15.5. The van der Waals surface area contributed by atoms with Gasteiger partial charge < -0.3 is 5.11 Å². The molecule has 0 saturated carbocycles. The molecule has 0 aliphatic heterocycles. The van der Waals surface area contributed by atoms with Gasteiger partial charge in [-0.05, 0) is 24.3 Å². The van der Waals surface area contributed by atoms with Crippen molar-refractivity contribution in [1.29, 1.82) is 5.26 Å². The lowest BCUT2D eigenvalue weighted by atomic mass is 10.2. The molecule has 21 heavy (non-hydrogen) atoms. The third kappa shape index (κ3) is 3.34. The number of nitriles is 1. The smallest absolute Gasteiger partial charge is 0.263 e. The van der Waals surface area contributed by atoms with E-state index in [1.165, 1.54) is 24.3 Å². The van der Waals surface area contributed by atoms with Gasteiger partial charge in [0.2, 0.25) is 0 Å². The maximum atomic E-state index is 12.4. The van der Waals surface area contributed by atoms with E-state index in [1.807, 2.05) is 6.07 Å². The molecule has 108 valence electrons. The largest absolute Gasteiger partial charge is 0.392 e. The summed E-state index contributed by atoms with van der Waals surface area (Å²) in [6, 6.07) is 12.3. The van der Waals surface area contributed by atoms with Gasteiger partial charge in [-0.3, -0.25) is 4.72 Å². The minimum atomic E-state index is -3.95. The van der Waals surface area contributed by atoms with Gasteiger partial charge in [-0.1, -0.05) is 29.8 Å². The van der Waals surface area contributed by atoms with Crippen LogP contribution in [0.5, 0.6) is 0 Å². The fraction of sp³-hybridized carbons (Fsp3) is 0.0714. The van der Waals surface area contributed by atoms with Gasteiger partial charge in [0.1, 0.15) is 4.90 Å². The van der Waals surface area contributed by atoms with Gasteiger partial charge in [0.15, 0.2) is 0 Å². The number of hydrogen-bond acceptors (Lipinski definition) is 4. The van der Waals surface area contributed by atoms with Crippen LogP contribution in [0.2, 0.25) is 5.02 Å². The lowest BCUT2D eigenvalue weighted by molar-refractivity contribution is 0.282. The van der Waals surface area contributed by atoms with E-state index in [2.05, 4.69) is 4.72 Å². The number of benzene rings is 2. The van der Waals surface area contributed by atoms with Gasteiger partial charge in [-0.2, -0.15) is 5.26 Å². The van der Waals surface area contributed by atoms with E-state index in [0.29, 0.717) is 5.56 Å². The van der Waals surface area contributed by atoms with Crippen LogP contribution >= 0.6 is 11.6 Å². The van der Waals surface area contributed by atoms with Crippen LogP contribution in [0.1, 0.15) is 11.1 Å². The second-order valence-electron chi connectivity index (χ2n) is 4.18. The molecule has 0 fully saturated rings. The predicted molar refractivity (Wildman–Crippen MR) is 79.3 cm³/mol. The van der Waals surface area contributed by atoms with Crippen LogP contribution in [0.25, 0.3) is 0 Å². The molecule has 0 aromatic heterocycles. The Kier molecular flexibility index (Phi) is 4.48. The first-order chi connectivity index (χ1) is 9.97. The molecule has 7 heteroatoms. The van der Waals surface area contributed by atoms with Crippen molar-refractivity contribution >= 4 is 27.3 Å². The highest BCUT2D eigenvalue weighted by atomic mass is 35.5. The molecule has 0 aliphatic carbocycles. The first kappa shape index (κ1) is 15.3. The van der Waals surface area contributed by atoms with E-state index in [1.54, 1.807) is 18.2 Å². The molecule has 2 aromatic rings. The van der Waals surface area contributed by atoms with Crippen molar-refractivity contribution in [2.75, 3.05) is 4.72 Å². The van der Waals surface area contributed by atoms with E-state index < -0.39 is 10.0 Å². The Hall–Kier alpha value is -2.07. The number of rotatable bonds is 4. The van der Waals surface area contributed by atoms with Crippen molar-refractivity contribution < 1.29 is 13.5 Å². The zero-order valence-electron chi connectivity index (χ0n) is 10.7. The monoisotopic (exact) mass is 322 g/mol. The molecule has 2 N–H and O–H groups in total. The van der Waals surface area contributed by atoms with Gasteiger partial charge in [0, 0.05) is 5.56 Å². The topological polar surface area (TPSA) is 90.2 Å². The maximum absolute atomic E-state index is 12.4. The van der Waals surface area contributed by atoms with E-state index in [9.17, 15) is 13.5 Å². The number of nitrogens with zero attached hydrogens (tertiary/aromatic N) is 1. The molecule has 0 bridgehead atoms. The number of anilines is 1. The number of nitrogens with one attached hydrogen (secondary N) is 1. The number of halogens is 1. The highest BCUT2D eigenvalue weighted by Crippen LogP contribution is 2.26. The van der Waals surface area contributed by atoms with Crippen molar-refractivity contribution in [2.24, 2.45) is 0 Å². The van der Waals surface area contributed by atoms with Gasteiger partial charge >= 0.3 is 0 Å². The molecular formula is C14H11ClN2O3S. The van der Waals surface area contributed by atoms with E-state index in [-0.39, 0.29) is 27.8 Å².